The van der Waals surface area contributed by atoms with Crippen LogP contribution in [0.25, 0.3) is 16.9 Å². The van der Waals surface area contributed by atoms with Gasteiger partial charge in [-0.25, -0.2) is 18.9 Å². The third kappa shape index (κ3) is 3.94. The van der Waals surface area contributed by atoms with Crippen LogP contribution in [-0.4, -0.2) is 51.5 Å². The Labute approximate surface area is 176 Å². The van der Waals surface area contributed by atoms with E-state index < -0.39 is 0 Å². The van der Waals surface area contributed by atoms with Gasteiger partial charge in [0, 0.05) is 18.7 Å². The van der Waals surface area contributed by atoms with Crippen LogP contribution < -0.4 is 5.32 Å². The number of aliphatic imine (C=N–C) groups is 1. The first-order chi connectivity index (χ1) is 14.3. The van der Waals surface area contributed by atoms with Crippen molar-refractivity contribution < 1.29 is 4.39 Å². The molecule has 2 aromatic heterocycles. The van der Waals surface area contributed by atoms with Crippen molar-refractivity contribution >= 4 is 17.2 Å². The van der Waals surface area contributed by atoms with E-state index in [2.05, 4.69) is 25.3 Å². The van der Waals surface area contributed by atoms with Crippen LogP contribution in [0.3, 0.4) is 0 Å². The molecule has 1 aliphatic heterocycles. The zero-order valence-corrected chi connectivity index (χ0v) is 18.3. The van der Waals surface area contributed by atoms with Gasteiger partial charge in [0.1, 0.15) is 17.3 Å². The van der Waals surface area contributed by atoms with Gasteiger partial charge in [0.25, 0.3) is 0 Å². The van der Waals surface area contributed by atoms with Crippen LogP contribution in [0.1, 0.15) is 36.6 Å². The zero-order valence-electron chi connectivity index (χ0n) is 18.3. The standard InChI is InChI=1S/C23H29FN6/c1-14-10-18(21-11-15(2)23-26-16(3)13-30(23)28-21)12-20(24)22(14)27-17(4)29(5)19-6-8-25-9-7-19/h10-13,19,25H,6-9H2,1-5H3. The Kier molecular flexibility index (Phi) is 5.56. The zero-order chi connectivity index (χ0) is 21.4. The van der Waals surface area contributed by atoms with Gasteiger partial charge in [-0.05, 0) is 83.0 Å². The van der Waals surface area contributed by atoms with E-state index in [4.69, 9.17) is 0 Å². The van der Waals surface area contributed by atoms with Gasteiger partial charge in [-0.2, -0.15) is 5.10 Å². The first-order valence-corrected chi connectivity index (χ1v) is 10.5. The highest BCUT2D eigenvalue weighted by molar-refractivity contribution is 5.83. The van der Waals surface area contributed by atoms with E-state index in [9.17, 15) is 0 Å². The van der Waals surface area contributed by atoms with Crippen LogP contribution in [0.2, 0.25) is 0 Å². The number of fused-ring (bicyclic) bond motifs is 1. The molecule has 6 nitrogen and oxygen atoms in total. The summed E-state index contributed by atoms with van der Waals surface area (Å²) in [5.41, 5.74) is 5.39. The fraction of sp³-hybridized carbons (Fsp3) is 0.435. The monoisotopic (exact) mass is 408 g/mol. The third-order valence-electron chi connectivity index (χ3n) is 5.92. The molecule has 4 rings (SSSR count). The van der Waals surface area contributed by atoms with Gasteiger partial charge in [-0.1, -0.05) is 0 Å². The second-order valence-corrected chi connectivity index (χ2v) is 8.24. The molecule has 0 spiro atoms. The van der Waals surface area contributed by atoms with Gasteiger partial charge in [0.15, 0.2) is 5.65 Å². The number of benzene rings is 1. The Morgan fingerprint density at radius 1 is 1.17 bits per heavy atom. The summed E-state index contributed by atoms with van der Waals surface area (Å²) in [6.07, 6.45) is 4.03. The minimum Gasteiger partial charge on any atom is -0.360 e. The Hall–Kier alpha value is -2.80. The second-order valence-electron chi connectivity index (χ2n) is 8.24. The highest BCUT2D eigenvalue weighted by atomic mass is 19.1. The SMILES string of the molecule is CC(=Nc1c(C)cc(-c2cc(C)c3nc(C)cn3n2)cc1F)N(C)C1CCNCC1. The van der Waals surface area contributed by atoms with E-state index in [0.717, 1.165) is 65.5 Å². The van der Waals surface area contributed by atoms with Crippen LogP contribution in [-0.2, 0) is 0 Å². The number of nitrogens with one attached hydrogen (secondary N) is 1. The summed E-state index contributed by atoms with van der Waals surface area (Å²) < 4.78 is 16.9. The van der Waals surface area contributed by atoms with E-state index in [-0.39, 0.29) is 5.82 Å². The largest absolute Gasteiger partial charge is 0.360 e. The molecule has 1 fully saturated rings. The molecule has 1 saturated heterocycles. The molecule has 0 atom stereocenters. The van der Waals surface area contributed by atoms with Crippen molar-refractivity contribution in [3.63, 3.8) is 0 Å². The lowest BCUT2D eigenvalue weighted by Crippen LogP contribution is -2.43. The molecule has 3 aromatic rings. The summed E-state index contributed by atoms with van der Waals surface area (Å²) in [6, 6.07) is 5.88. The summed E-state index contributed by atoms with van der Waals surface area (Å²) in [5.74, 6) is 0.505. The molecule has 0 saturated carbocycles. The highest BCUT2D eigenvalue weighted by Gasteiger charge is 2.19. The number of rotatable bonds is 3. The second kappa shape index (κ2) is 8.14. The van der Waals surface area contributed by atoms with Crippen LogP contribution >= 0.6 is 0 Å². The fourth-order valence-electron chi connectivity index (χ4n) is 4.11. The molecule has 158 valence electrons. The van der Waals surface area contributed by atoms with Gasteiger partial charge in [0.2, 0.25) is 0 Å². The third-order valence-corrected chi connectivity index (χ3v) is 5.92. The van der Waals surface area contributed by atoms with E-state index in [1.54, 1.807) is 4.52 Å². The van der Waals surface area contributed by atoms with Crippen LogP contribution in [0.5, 0.6) is 0 Å². The quantitative estimate of drug-likeness (QED) is 0.521. The minimum absolute atomic E-state index is 0.329. The first kappa shape index (κ1) is 20.5. The van der Waals surface area contributed by atoms with E-state index in [1.807, 2.05) is 53.1 Å². The molecule has 0 unspecified atom stereocenters. The first-order valence-electron chi connectivity index (χ1n) is 10.5. The molecule has 1 N–H and O–H groups in total. The Morgan fingerprint density at radius 2 is 1.90 bits per heavy atom. The number of piperidine rings is 1. The molecule has 0 aliphatic carbocycles. The van der Waals surface area contributed by atoms with Gasteiger partial charge in [0.05, 0.1) is 17.6 Å². The number of halogens is 1. The van der Waals surface area contributed by atoms with Gasteiger partial charge < -0.3 is 10.2 Å². The Bertz CT molecular complexity index is 1090. The lowest BCUT2D eigenvalue weighted by molar-refractivity contribution is 0.288. The van der Waals surface area contributed by atoms with Crippen molar-refractivity contribution in [2.75, 3.05) is 20.1 Å². The maximum atomic E-state index is 15.1. The van der Waals surface area contributed by atoms with Crippen molar-refractivity contribution in [1.29, 1.82) is 0 Å². The summed E-state index contributed by atoms with van der Waals surface area (Å²) in [5, 5.41) is 8.00. The molecule has 30 heavy (non-hydrogen) atoms. The van der Waals surface area contributed by atoms with Gasteiger partial charge >= 0.3 is 0 Å². The predicted octanol–water partition coefficient (Wildman–Crippen LogP) is 4.19. The van der Waals surface area contributed by atoms with Crippen molar-refractivity contribution in [2.24, 2.45) is 4.99 Å². The van der Waals surface area contributed by atoms with Crippen molar-refractivity contribution in [2.45, 2.75) is 46.6 Å². The Balaban J connectivity index is 1.67. The highest BCUT2D eigenvalue weighted by Crippen LogP contribution is 2.30. The van der Waals surface area contributed by atoms with Gasteiger partial charge in [-0.3, -0.25) is 0 Å². The maximum Gasteiger partial charge on any atom is 0.156 e. The molecule has 0 amide bonds. The lowest BCUT2D eigenvalue weighted by atomic mass is 10.0. The number of aromatic nitrogens is 3. The molecule has 1 aliphatic rings. The number of nitrogens with zero attached hydrogens (tertiary/aromatic N) is 5. The Morgan fingerprint density at radius 3 is 2.60 bits per heavy atom. The molecule has 3 heterocycles. The molecule has 1 aromatic carbocycles. The molecule has 0 radical (unpaired) electrons. The average Bonchev–Trinajstić information content (AvgIpc) is 3.11. The van der Waals surface area contributed by atoms with Crippen LogP contribution in [0.15, 0.2) is 29.4 Å². The molecular weight excluding hydrogens is 379 g/mol. The number of aryl methyl sites for hydroxylation is 3. The maximum absolute atomic E-state index is 15.1. The number of amidine groups is 1. The van der Waals surface area contributed by atoms with Crippen LogP contribution in [0.4, 0.5) is 10.1 Å². The lowest BCUT2D eigenvalue weighted by Gasteiger charge is -2.33. The number of imidazole rings is 1. The molecular formula is C23H29FN6. The number of hydrogen-bond acceptors (Lipinski definition) is 4. The normalized spacial score (nSPS) is 15.7. The average molecular weight is 409 g/mol. The topological polar surface area (TPSA) is 57.8 Å². The van der Waals surface area contributed by atoms with Gasteiger partial charge in [-0.15, -0.1) is 0 Å². The van der Waals surface area contributed by atoms with Crippen LogP contribution in [0, 0.1) is 26.6 Å². The molecule has 0 bridgehead atoms. The summed E-state index contributed by atoms with van der Waals surface area (Å²) in [7, 11) is 2.05. The smallest absolute Gasteiger partial charge is 0.156 e. The minimum atomic E-state index is -0.329. The van der Waals surface area contributed by atoms with Crippen molar-refractivity contribution in [3.8, 4) is 11.3 Å². The summed E-state index contributed by atoms with van der Waals surface area (Å²) in [4.78, 5) is 11.3. The summed E-state index contributed by atoms with van der Waals surface area (Å²) >= 11 is 0. The fourth-order valence-corrected chi connectivity index (χ4v) is 4.11. The van der Waals surface area contributed by atoms with Crippen molar-refractivity contribution in [3.05, 3.63) is 47.0 Å². The van der Waals surface area contributed by atoms with E-state index >= 15 is 4.39 Å². The van der Waals surface area contributed by atoms with Crippen molar-refractivity contribution in [1.82, 2.24) is 24.8 Å². The van der Waals surface area contributed by atoms with E-state index in [0.29, 0.717) is 11.7 Å². The summed E-state index contributed by atoms with van der Waals surface area (Å²) in [6.45, 7) is 9.81. The molecule has 7 heteroatoms. The van der Waals surface area contributed by atoms with E-state index in [1.165, 1.54) is 6.07 Å². The predicted molar refractivity (Wildman–Crippen MR) is 119 cm³/mol. The number of hydrogen-bond donors (Lipinski definition) is 1.